The van der Waals surface area contributed by atoms with Crippen LogP contribution in [0.25, 0.3) is 0 Å². The van der Waals surface area contributed by atoms with E-state index < -0.39 is 0 Å². The molecule has 0 spiro atoms. The van der Waals surface area contributed by atoms with Crippen molar-refractivity contribution in [3.63, 3.8) is 0 Å². The summed E-state index contributed by atoms with van der Waals surface area (Å²) in [7, 11) is 0. The van der Waals surface area contributed by atoms with Crippen molar-refractivity contribution in [3.8, 4) is 0 Å². The predicted molar refractivity (Wildman–Crippen MR) is 69.0 cm³/mol. The van der Waals surface area contributed by atoms with Crippen LogP contribution in [-0.4, -0.2) is 23.5 Å². The first kappa shape index (κ1) is 12.5. The van der Waals surface area contributed by atoms with Gasteiger partial charge in [0.05, 0.1) is 6.54 Å². The van der Waals surface area contributed by atoms with Gasteiger partial charge in [0.25, 0.3) is 0 Å². The molecule has 2 heterocycles. The fourth-order valence-electron chi connectivity index (χ4n) is 2.05. The first-order valence-corrected chi connectivity index (χ1v) is 7.03. The van der Waals surface area contributed by atoms with Crippen LogP contribution in [0.2, 0.25) is 0 Å². The quantitative estimate of drug-likeness (QED) is 0.838. The van der Waals surface area contributed by atoms with Crippen molar-refractivity contribution >= 4 is 17.2 Å². The Labute approximate surface area is 106 Å². The van der Waals surface area contributed by atoms with E-state index in [2.05, 4.69) is 15.6 Å². The van der Waals surface area contributed by atoms with Crippen LogP contribution < -0.4 is 10.6 Å². The summed E-state index contributed by atoms with van der Waals surface area (Å²) < 4.78 is 0. The van der Waals surface area contributed by atoms with Gasteiger partial charge in [0.2, 0.25) is 5.91 Å². The molecule has 94 valence electrons. The summed E-state index contributed by atoms with van der Waals surface area (Å²) in [6.07, 6.45) is 4.01. The molecule has 17 heavy (non-hydrogen) atoms. The van der Waals surface area contributed by atoms with E-state index >= 15 is 0 Å². The maximum atomic E-state index is 11.6. The molecule has 1 aromatic rings. The highest BCUT2D eigenvalue weighted by atomic mass is 32.1. The van der Waals surface area contributed by atoms with Gasteiger partial charge in [0.15, 0.2) is 0 Å². The standard InChI is InChI=1S/C12H19N3OS/c1-9-8-17-12(15-9)7-14-11(16)5-4-10-3-2-6-13-10/h8,10,13H,2-7H2,1H3,(H,14,16). The molecule has 0 aliphatic carbocycles. The Morgan fingerprint density at radius 1 is 1.71 bits per heavy atom. The number of aromatic nitrogens is 1. The molecule has 4 nitrogen and oxygen atoms in total. The second-order valence-corrected chi connectivity index (χ2v) is 5.43. The van der Waals surface area contributed by atoms with Gasteiger partial charge in [-0.05, 0) is 32.7 Å². The van der Waals surface area contributed by atoms with Gasteiger partial charge in [-0.2, -0.15) is 0 Å². The predicted octanol–water partition coefficient (Wildman–Crippen LogP) is 1.60. The van der Waals surface area contributed by atoms with Gasteiger partial charge < -0.3 is 10.6 Å². The molecule has 1 atom stereocenters. The van der Waals surface area contributed by atoms with E-state index in [4.69, 9.17) is 0 Å². The zero-order chi connectivity index (χ0) is 12.1. The van der Waals surface area contributed by atoms with Crippen molar-refractivity contribution in [2.24, 2.45) is 0 Å². The van der Waals surface area contributed by atoms with E-state index in [-0.39, 0.29) is 5.91 Å². The summed E-state index contributed by atoms with van der Waals surface area (Å²) in [5.41, 5.74) is 1.02. The fourth-order valence-corrected chi connectivity index (χ4v) is 2.77. The van der Waals surface area contributed by atoms with Crippen molar-refractivity contribution in [2.45, 2.75) is 45.2 Å². The maximum absolute atomic E-state index is 11.6. The van der Waals surface area contributed by atoms with Gasteiger partial charge >= 0.3 is 0 Å². The van der Waals surface area contributed by atoms with Gasteiger partial charge in [-0.25, -0.2) is 4.98 Å². The lowest BCUT2D eigenvalue weighted by Crippen LogP contribution is -2.27. The third kappa shape index (κ3) is 4.09. The zero-order valence-corrected chi connectivity index (χ0v) is 11.0. The van der Waals surface area contributed by atoms with Gasteiger partial charge in [0.1, 0.15) is 5.01 Å². The average Bonchev–Trinajstić information content (AvgIpc) is 2.95. The average molecular weight is 253 g/mol. The molecule has 0 aromatic carbocycles. The monoisotopic (exact) mass is 253 g/mol. The summed E-state index contributed by atoms with van der Waals surface area (Å²) in [4.78, 5) is 15.9. The molecular formula is C12H19N3OS. The largest absolute Gasteiger partial charge is 0.350 e. The first-order valence-electron chi connectivity index (χ1n) is 6.15. The van der Waals surface area contributed by atoms with Crippen LogP contribution >= 0.6 is 11.3 Å². The molecule has 0 bridgehead atoms. The SMILES string of the molecule is Cc1csc(CNC(=O)CCC2CCCN2)n1. The summed E-state index contributed by atoms with van der Waals surface area (Å²) in [5.74, 6) is 0.131. The van der Waals surface area contributed by atoms with Gasteiger partial charge in [-0.1, -0.05) is 0 Å². The number of aryl methyl sites for hydroxylation is 1. The molecular weight excluding hydrogens is 234 g/mol. The number of carbonyl (C=O) groups is 1. The van der Waals surface area contributed by atoms with E-state index in [0.29, 0.717) is 19.0 Å². The van der Waals surface area contributed by atoms with Crippen molar-refractivity contribution in [1.82, 2.24) is 15.6 Å². The maximum Gasteiger partial charge on any atom is 0.220 e. The van der Waals surface area contributed by atoms with Crippen LogP contribution in [0, 0.1) is 6.92 Å². The van der Waals surface area contributed by atoms with Crippen molar-refractivity contribution in [1.29, 1.82) is 0 Å². The molecule has 1 aliphatic rings. The highest BCUT2D eigenvalue weighted by Gasteiger charge is 2.15. The van der Waals surface area contributed by atoms with Crippen LogP contribution in [0.15, 0.2) is 5.38 Å². The lowest BCUT2D eigenvalue weighted by atomic mass is 10.1. The van der Waals surface area contributed by atoms with Crippen molar-refractivity contribution in [2.75, 3.05) is 6.54 Å². The van der Waals surface area contributed by atoms with Crippen LogP contribution in [0.1, 0.15) is 36.4 Å². The molecule has 2 rings (SSSR count). The Balaban J connectivity index is 1.63. The minimum Gasteiger partial charge on any atom is -0.350 e. The summed E-state index contributed by atoms with van der Waals surface area (Å²) in [6.45, 7) is 3.63. The number of nitrogens with one attached hydrogen (secondary N) is 2. The Morgan fingerprint density at radius 3 is 3.24 bits per heavy atom. The Kier molecular flexibility index (Phi) is 4.50. The van der Waals surface area contributed by atoms with Gasteiger partial charge in [-0.15, -0.1) is 11.3 Å². The second-order valence-electron chi connectivity index (χ2n) is 4.49. The van der Waals surface area contributed by atoms with Gasteiger partial charge in [0, 0.05) is 23.5 Å². The molecule has 1 fully saturated rings. The number of carbonyl (C=O) groups excluding carboxylic acids is 1. The highest BCUT2D eigenvalue weighted by Crippen LogP contribution is 2.11. The van der Waals surface area contributed by atoms with E-state index in [1.165, 1.54) is 12.8 Å². The van der Waals surface area contributed by atoms with E-state index in [1.54, 1.807) is 11.3 Å². The van der Waals surface area contributed by atoms with Crippen LogP contribution in [-0.2, 0) is 11.3 Å². The molecule has 1 amide bonds. The topological polar surface area (TPSA) is 54.0 Å². The molecule has 0 saturated carbocycles. The number of nitrogens with zero attached hydrogens (tertiary/aromatic N) is 1. The molecule has 1 saturated heterocycles. The minimum atomic E-state index is 0.131. The summed E-state index contributed by atoms with van der Waals surface area (Å²) in [6, 6.07) is 0.544. The summed E-state index contributed by atoms with van der Waals surface area (Å²) >= 11 is 1.60. The number of thiazole rings is 1. The molecule has 1 unspecified atom stereocenters. The number of rotatable bonds is 5. The van der Waals surface area contributed by atoms with Crippen molar-refractivity contribution < 1.29 is 4.79 Å². The minimum absolute atomic E-state index is 0.131. The Morgan fingerprint density at radius 2 is 2.59 bits per heavy atom. The summed E-state index contributed by atoms with van der Waals surface area (Å²) in [5, 5.41) is 9.30. The smallest absolute Gasteiger partial charge is 0.220 e. The zero-order valence-electron chi connectivity index (χ0n) is 10.2. The second kappa shape index (κ2) is 6.12. The highest BCUT2D eigenvalue weighted by molar-refractivity contribution is 7.09. The molecule has 0 radical (unpaired) electrons. The van der Waals surface area contributed by atoms with Crippen LogP contribution in [0.5, 0.6) is 0 Å². The fraction of sp³-hybridized carbons (Fsp3) is 0.667. The molecule has 5 heteroatoms. The third-order valence-electron chi connectivity index (χ3n) is 2.99. The Bertz CT molecular complexity index is 372. The normalized spacial score (nSPS) is 19.5. The number of hydrogen-bond donors (Lipinski definition) is 2. The first-order chi connectivity index (χ1) is 8.24. The van der Waals surface area contributed by atoms with E-state index in [0.717, 1.165) is 23.7 Å². The van der Waals surface area contributed by atoms with E-state index in [1.807, 2.05) is 12.3 Å². The van der Waals surface area contributed by atoms with Crippen molar-refractivity contribution in [3.05, 3.63) is 16.1 Å². The molecule has 1 aromatic heterocycles. The van der Waals surface area contributed by atoms with Crippen LogP contribution in [0.4, 0.5) is 0 Å². The lowest BCUT2D eigenvalue weighted by molar-refractivity contribution is -0.121. The number of amides is 1. The number of hydrogen-bond acceptors (Lipinski definition) is 4. The third-order valence-corrected chi connectivity index (χ3v) is 3.95. The van der Waals surface area contributed by atoms with Crippen LogP contribution in [0.3, 0.4) is 0 Å². The van der Waals surface area contributed by atoms with Gasteiger partial charge in [-0.3, -0.25) is 4.79 Å². The van der Waals surface area contributed by atoms with E-state index in [9.17, 15) is 4.79 Å². The molecule has 2 N–H and O–H groups in total. The lowest BCUT2D eigenvalue weighted by Gasteiger charge is -2.09. The Hall–Kier alpha value is -0.940. The molecule has 1 aliphatic heterocycles.